The Bertz CT molecular complexity index is 1080. The molecule has 0 bridgehead atoms. The van der Waals surface area contributed by atoms with Gasteiger partial charge >= 0.3 is 5.97 Å². The first-order valence-electron chi connectivity index (χ1n) is 12.8. The molecule has 0 atom stereocenters. The predicted octanol–water partition coefficient (Wildman–Crippen LogP) is 4.92. The maximum absolute atomic E-state index is 13.0. The molecule has 0 saturated carbocycles. The molecule has 0 spiro atoms. The number of hydrogen-bond donors (Lipinski definition) is 1. The summed E-state index contributed by atoms with van der Waals surface area (Å²) < 4.78 is 23.2. The van der Waals surface area contributed by atoms with Gasteiger partial charge in [-0.3, -0.25) is 4.79 Å². The molecule has 200 valence electrons. The second-order valence-corrected chi connectivity index (χ2v) is 8.83. The first kappa shape index (κ1) is 27.9. The van der Waals surface area contributed by atoms with Crippen LogP contribution in [0.25, 0.3) is 0 Å². The fourth-order valence-corrected chi connectivity index (χ4v) is 4.45. The standard InChI is InChI=1S/C29H37NO7/c1-4-10-21-24(12-8-13-25(21)37-20-27(31)32)35-18-9-19-36-26-15-14-23(28(34-3)22(26)11-5-2)29(33)30-16-6-7-17-30/h5,8,12-15H,2,4,6-7,9-11,16-20H2,1,3H3,(H,31,32). The third-order valence-electron chi connectivity index (χ3n) is 6.14. The van der Waals surface area contributed by atoms with Crippen molar-refractivity contribution in [1.82, 2.24) is 4.90 Å². The number of hydrogen-bond acceptors (Lipinski definition) is 6. The highest BCUT2D eigenvalue weighted by Crippen LogP contribution is 2.35. The van der Waals surface area contributed by atoms with E-state index in [-0.39, 0.29) is 5.91 Å². The van der Waals surface area contributed by atoms with Crippen molar-refractivity contribution >= 4 is 11.9 Å². The van der Waals surface area contributed by atoms with Crippen molar-refractivity contribution in [2.75, 3.05) is 40.0 Å². The minimum Gasteiger partial charge on any atom is -0.495 e. The van der Waals surface area contributed by atoms with Gasteiger partial charge < -0.3 is 29.0 Å². The third-order valence-corrected chi connectivity index (χ3v) is 6.14. The fraction of sp³-hybridized carbons (Fsp3) is 0.448. The first-order chi connectivity index (χ1) is 18.0. The zero-order chi connectivity index (χ0) is 26.6. The number of benzene rings is 2. The SMILES string of the molecule is C=CCc1c(OCCCOc2cccc(OCC(=O)O)c2CCC)ccc(C(=O)N2CCCC2)c1OC. The molecule has 0 unspecified atom stereocenters. The second-order valence-electron chi connectivity index (χ2n) is 8.83. The van der Waals surface area contributed by atoms with E-state index in [0.29, 0.717) is 54.6 Å². The molecule has 0 aliphatic carbocycles. The summed E-state index contributed by atoms with van der Waals surface area (Å²) >= 11 is 0. The van der Waals surface area contributed by atoms with Gasteiger partial charge in [-0.1, -0.05) is 25.5 Å². The van der Waals surface area contributed by atoms with Crippen LogP contribution < -0.4 is 18.9 Å². The predicted molar refractivity (Wildman–Crippen MR) is 141 cm³/mol. The van der Waals surface area contributed by atoms with Crippen molar-refractivity contribution in [3.05, 3.63) is 59.7 Å². The summed E-state index contributed by atoms with van der Waals surface area (Å²) in [7, 11) is 1.57. The number of carbonyl (C=O) groups is 2. The number of ether oxygens (including phenoxy) is 4. The molecule has 8 heteroatoms. The van der Waals surface area contributed by atoms with Gasteiger partial charge in [0.05, 0.1) is 25.9 Å². The molecule has 1 aliphatic heterocycles. The molecule has 3 rings (SSSR count). The van der Waals surface area contributed by atoms with Crippen LogP contribution in [0.15, 0.2) is 43.0 Å². The fourth-order valence-electron chi connectivity index (χ4n) is 4.45. The summed E-state index contributed by atoms with van der Waals surface area (Å²) in [5.41, 5.74) is 2.21. The first-order valence-corrected chi connectivity index (χ1v) is 12.8. The van der Waals surface area contributed by atoms with Crippen molar-refractivity contribution in [3.8, 4) is 23.0 Å². The van der Waals surface area contributed by atoms with Crippen molar-refractivity contribution in [2.24, 2.45) is 0 Å². The minimum atomic E-state index is -1.02. The Kier molecular flexibility index (Phi) is 10.7. The Morgan fingerprint density at radius 1 is 1.00 bits per heavy atom. The lowest BCUT2D eigenvalue weighted by atomic mass is 10.0. The van der Waals surface area contributed by atoms with Crippen LogP contribution in [-0.2, 0) is 17.6 Å². The number of carboxylic acid groups (broad SMARTS) is 1. The van der Waals surface area contributed by atoms with E-state index in [1.165, 1.54) is 0 Å². The highest BCUT2D eigenvalue weighted by atomic mass is 16.5. The van der Waals surface area contributed by atoms with Crippen LogP contribution in [0.3, 0.4) is 0 Å². The molecule has 2 aromatic rings. The van der Waals surface area contributed by atoms with Crippen LogP contribution in [-0.4, -0.2) is 61.9 Å². The summed E-state index contributed by atoms with van der Waals surface area (Å²) in [4.78, 5) is 25.8. The van der Waals surface area contributed by atoms with E-state index in [0.717, 1.165) is 49.9 Å². The van der Waals surface area contributed by atoms with E-state index in [1.807, 2.05) is 24.0 Å². The smallest absolute Gasteiger partial charge is 0.341 e. The Balaban J connectivity index is 1.63. The molecule has 1 amide bonds. The maximum Gasteiger partial charge on any atom is 0.341 e. The lowest BCUT2D eigenvalue weighted by Gasteiger charge is -2.21. The van der Waals surface area contributed by atoms with Crippen molar-refractivity contribution in [2.45, 2.75) is 45.4 Å². The van der Waals surface area contributed by atoms with Crippen LogP contribution in [0.2, 0.25) is 0 Å². The van der Waals surface area contributed by atoms with Crippen LogP contribution in [0.1, 0.15) is 54.1 Å². The van der Waals surface area contributed by atoms with E-state index in [1.54, 1.807) is 31.4 Å². The van der Waals surface area contributed by atoms with Crippen LogP contribution in [0.5, 0.6) is 23.0 Å². The average molecular weight is 512 g/mol. The molecule has 1 fully saturated rings. The number of methoxy groups -OCH3 is 1. The molecular formula is C29H37NO7. The van der Waals surface area contributed by atoms with Gasteiger partial charge in [0.25, 0.3) is 5.91 Å². The Labute approximate surface area is 218 Å². The zero-order valence-corrected chi connectivity index (χ0v) is 21.8. The van der Waals surface area contributed by atoms with E-state index in [9.17, 15) is 9.59 Å². The molecule has 8 nitrogen and oxygen atoms in total. The maximum atomic E-state index is 13.0. The highest BCUT2D eigenvalue weighted by molar-refractivity contribution is 5.98. The van der Waals surface area contributed by atoms with Gasteiger partial charge in [0, 0.05) is 30.6 Å². The van der Waals surface area contributed by atoms with Gasteiger partial charge in [-0.05, 0) is 49.9 Å². The largest absolute Gasteiger partial charge is 0.495 e. The zero-order valence-electron chi connectivity index (χ0n) is 21.8. The number of likely N-dealkylation sites (tertiary alicyclic amines) is 1. The molecule has 2 aromatic carbocycles. The summed E-state index contributed by atoms with van der Waals surface area (Å²) in [6, 6.07) is 9.02. The van der Waals surface area contributed by atoms with Crippen LogP contribution in [0, 0.1) is 0 Å². The summed E-state index contributed by atoms with van der Waals surface area (Å²) in [5, 5.41) is 8.93. The van der Waals surface area contributed by atoms with Gasteiger partial charge in [-0.2, -0.15) is 0 Å². The lowest BCUT2D eigenvalue weighted by molar-refractivity contribution is -0.139. The number of aliphatic carboxylic acids is 1. The van der Waals surface area contributed by atoms with E-state index in [4.69, 9.17) is 24.1 Å². The molecule has 1 saturated heterocycles. The molecule has 1 N–H and O–H groups in total. The summed E-state index contributed by atoms with van der Waals surface area (Å²) in [6.07, 6.45) is 6.54. The van der Waals surface area contributed by atoms with Gasteiger partial charge in [-0.15, -0.1) is 6.58 Å². The van der Waals surface area contributed by atoms with Crippen molar-refractivity contribution in [1.29, 1.82) is 0 Å². The lowest BCUT2D eigenvalue weighted by Crippen LogP contribution is -2.28. The summed E-state index contributed by atoms with van der Waals surface area (Å²) in [5.74, 6) is 1.37. The second kappa shape index (κ2) is 14.2. The van der Waals surface area contributed by atoms with E-state index < -0.39 is 12.6 Å². The van der Waals surface area contributed by atoms with Crippen LogP contribution >= 0.6 is 0 Å². The van der Waals surface area contributed by atoms with E-state index in [2.05, 4.69) is 6.58 Å². The number of amides is 1. The number of carbonyl (C=O) groups excluding carboxylic acids is 1. The number of carboxylic acids is 1. The molecule has 37 heavy (non-hydrogen) atoms. The van der Waals surface area contributed by atoms with Gasteiger partial charge in [-0.25, -0.2) is 4.79 Å². The van der Waals surface area contributed by atoms with Gasteiger partial charge in [0.2, 0.25) is 0 Å². The normalized spacial score (nSPS) is 12.8. The number of allylic oxidation sites excluding steroid dienone is 1. The molecule has 1 aliphatic rings. The monoisotopic (exact) mass is 511 g/mol. The molecule has 0 radical (unpaired) electrons. The molecule has 0 aromatic heterocycles. The average Bonchev–Trinajstić information content (AvgIpc) is 3.44. The Morgan fingerprint density at radius 3 is 2.24 bits per heavy atom. The number of rotatable bonds is 15. The van der Waals surface area contributed by atoms with E-state index >= 15 is 0 Å². The Morgan fingerprint density at radius 2 is 1.65 bits per heavy atom. The quantitative estimate of drug-likeness (QED) is 0.268. The third kappa shape index (κ3) is 7.41. The van der Waals surface area contributed by atoms with Crippen LogP contribution in [0.4, 0.5) is 0 Å². The Hall–Kier alpha value is -3.68. The summed E-state index contributed by atoms with van der Waals surface area (Å²) in [6.45, 7) is 7.86. The van der Waals surface area contributed by atoms with Gasteiger partial charge in [0.1, 0.15) is 23.0 Å². The molecular weight excluding hydrogens is 474 g/mol. The number of nitrogens with zero attached hydrogens (tertiary/aromatic N) is 1. The topological polar surface area (TPSA) is 94.5 Å². The molecule has 1 heterocycles. The minimum absolute atomic E-state index is 0.0166. The van der Waals surface area contributed by atoms with Crippen molar-refractivity contribution in [3.63, 3.8) is 0 Å². The van der Waals surface area contributed by atoms with Gasteiger partial charge in [0.15, 0.2) is 6.61 Å². The van der Waals surface area contributed by atoms with Crippen molar-refractivity contribution < 1.29 is 33.6 Å². The highest BCUT2D eigenvalue weighted by Gasteiger charge is 2.25.